The number of nitrogens with zero attached hydrogens (tertiary/aromatic N) is 1. The molecule has 112 valence electrons. The minimum Gasteiger partial charge on any atom is -0.305 e. The molecule has 3 heteroatoms. The second-order valence-electron chi connectivity index (χ2n) is 5.39. The van der Waals surface area contributed by atoms with E-state index in [1.54, 1.807) is 0 Å². The lowest BCUT2D eigenvalue weighted by molar-refractivity contribution is 0.619. The summed E-state index contributed by atoms with van der Waals surface area (Å²) in [5.74, 6) is 0. The molecule has 0 spiro atoms. The molecule has 0 aliphatic rings. The zero-order chi connectivity index (χ0) is 15.4. The number of aromatic nitrogens is 2. The fraction of sp³-hybridized carbons (Fsp3) is 0.211. The predicted molar refractivity (Wildman–Crippen MR) is 90.8 cm³/mol. The average molecular weight is 292 g/mol. The summed E-state index contributed by atoms with van der Waals surface area (Å²) in [6.45, 7) is 2.88. The summed E-state index contributed by atoms with van der Waals surface area (Å²) in [7, 11) is 0. The number of hydrogen-bond acceptors (Lipinski definition) is 1. The number of nitrogens with one attached hydrogen (secondary N) is 1. The van der Waals surface area contributed by atoms with Crippen molar-refractivity contribution >= 4 is 0 Å². The van der Waals surface area contributed by atoms with Gasteiger partial charge in [-0.25, -0.2) is 4.79 Å². The molecular formula is C19H20N2O. The van der Waals surface area contributed by atoms with E-state index >= 15 is 0 Å². The van der Waals surface area contributed by atoms with Crippen molar-refractivity contribution < 1.29 is 0 Å². The third kappa shape index (κ3) is 2.75. The van der Waals surface area contributed by atoms with Crippen molar-refractivity contribution in [2.75, 3.05) is 0 Å². The van der Waals surface area contributed by atoms with Crippen LogP contribution in [0.5, 0.6) is 0 Å². The monoisotopic (exact) mass is 292 g/mol. The average Bonchev–Trinajstić information content (AvgIpc) is 2.91. The van der Waals surface area contributed by atoms with Gasteiger partial charge >= 0.3 is 5.69 Å². The van der Waals surface area contributed by atoms with Crippen LogP contribution in [0.25, 0.3) is 22.5 Å². The Hall–Kier alpha value is -2.55. The SMILES string of the molecule is CCCCn1c(-c2ccccc2)c(-c2ccccc2)[nH]c1=O. The van der Waals surface area contributed by atoms with Gasteiger partial charge in [0.05, 0.1) is 11.4 Å². The van der Waals surface area contributed by atoms with E-state index in [2.05, 4.69) is 24.0 Å². The van der Waals surface area contributed by atoms with Gasteiger partial charge < -0.3 is 4.98 Å². The van der Waals surface area contributed by atoms with E-state index in [0.717, 1.165) is 41.9 Å². The second kappa shape index (κ2) is 6.48. The fourth-order valence-corrected chi connectivity index (χ4v) is 2.71. The number of benzene rings is 2. The second-order valence-corrected chi connectivity index (χ2v) is 5.39. The summed E-state index contributed by atoms with van der Waals surface area (Å²) >= 11 is 0. The summed E-state index contributed by atoms with van der Waals surface area (Å²) in [6.07, 6.45) is 2.05. The normalized spacial score (nSPS) is 10.8. The molecule has 0 atom stereocenters. The van der Waals surface area contributed by atoms with Crippen LogP contribution in [-0.2, 0) is 6.54 Å². The molecular weight excluding hydrogens is 272 g/mol. The topological polar surface area (TPSA) is 37.8 Å². The van der Waals surface area contributed by atoms with E-state index in [-0.39, 0.29) is 5.69 Å². The van der Waals surface area contributed by atoms with E-state index in [0.29, 0.717) is 0 Å². The lowest BCUT2D eigenvalue weighted by Crippen LogP contribution is -2.17. The highest BCUT2D eigenvalue weighted by Crippen LogP contribution is 2.29. The van der Waals surface area contributed by atoms with Crippen LogP contribution in [0.1, 0.15) is 19.8 Å². The molecule has 0 saturated carbocycles. The van der Waals surface area contributed by atoms with Crippen LogP contribution in [0, 0.1) is 0 Å². The van der Waals surface area contributed by atoms with Crippen LogP contribution in [0.15, 0.2) is 65.5 Å². The molecule has 1 N–H and O–H groups in total. The first kappa shape index (κ1) is 14.4. The molecule has 0 bridgehead atoms. The molecule has 3 aromatic rings. The van der Waals surface area contributed by atoms with Crippen molar-refractivity contribution in [3.05, 3.63) is 71.1 Å². The lowest BCUT2D eigenvalue weighted by Gasteiger charge is -2.09. The van der Waals surface area contributed by atoms with Crippen molar-refractivity contribution in [3.8, 4) is 22.5 Å². The molecule has 0 aliphatic carbocycles. The Kier molecular flexibility index (Phi) is 4.24. The van der Waals surface area contributed by atoms with Crippen LogP contribution < -0.4 is 5.69 Å². The van der Waals surface area contributed by atoms with Crippen molar-refractivity contribution in [3.63, 3.8) is 0 Å². The Morgan fingerprint density at radius 1 is 0.909 bits per heavy atom. The molecule has 0 unspecified atom stereocenters. The molecule has 2 aromatic carbocycles. The maximum absolute atomic E-state index is 12.4. The standard InChI is InChI=1S/C19H20N2O/c1-2-3-14-21-18(16-12-8-5-9-13-16)17(20-19(21)22)15-10-6-4-7-11-15/h4-13H,2-3,14H2,1H3,(H,20,22). The molecule has 0 saturated heterocycles. The van der Waals surface area contributed by atoms with Crippen molar-refractivity contribution in [1.82, 2.24) is 9.55 Å². The zero-order valence-corrected chi connectivity index (χ0v) is 12.8. The van der Waals surface area contributed by atoms with Gasteiger partial charge in [0.2, 0.25) is 0 Å². The Morgan fingerprint density at radius 3 is 2.09 bits per heavy atom. The predicted octanol–water partition coefficient (Wildman–Crippen LogP) is 4.31. The van der Waals surface area contributed by atoms with Gasteiger partial charge in [-0.05, 0) is 6.42 Å². The molecule has 22 heavy (non-hydrogen) atoms. The highest BCUT2D eigenvalue weighted by molar-refractivity contribution is 5.78. The van der Waals surface area contributed by atoms with Gasteiger partial charge in [0, 0.05) is 17.7 Å². The number of aromatic amines is 1. The van der Waals surface area contributed by atoms with E-state index in [9.17, 15) is 4.79 Å². The Labute approximate surface area is 130 Å². The van der Waals surface area contributed by atoms with Gasteiger partial charge in [-0.15, -0.1) is 0 Å². The van der Waals surface area contributed by atoms with Gasteiger partial charge in [0.1, 0.15) is 0 Å². The van der Waals surface area contributed by atoms with Crippen LogP contribution in [0.2, 0.25) is 0 Å². The molecule has 0 amide bonds. The maximum Gasteiger partial charge on any atom is 0.326 e. The minimum absolute atomic E-state index is 0.0360. The number of imidazole rings is 1. The third-order valence-electron chi connectivity index (χ3n) is 3.83. The lowest BCUT2D eigenvalue weighted by atomic mass is 10.0. The Bertz CT molecular complexity index is 785. The molecule has 0 radical (unpaired) electrons. The fourth-order valence-electron chi connectivity index (χ4n) is 2.71. The number of unbranched alkanes of at least 4 members (excludes halogenated alkanes) is 1. The van der Waals surface area contributed by atoms with Crippen LogP contribution in [-0.4, -0.2) is 9.55 Å². The van der Waals surface area contributed by atoms with E-state index in [4.69, 9.17) is 0 Å². The summed E-state index contributed by atoms with van der Waals surface area (Å²) in [6, 6.07) is 20.1. The van der Waals surface area contributed by atoms with E-state index in [1.807, 2.05) is 53.1 Å². The maximum atomic E-state index is 12.4. The first-order valence-electron chi connectivity index (χ1n) is 7.75. The van der Waals surface area contributed by atoms with Gasteiger partial charge in [-0.2, -0.15) is 0 Å². The summed E-state index contributed by atoms with van der Waals surface area (Å²) in [5.41, 5.74) is 3.94. The van der Waals surface area contributed by atoms with Crippen LogP contribution in [0.3, 0.4) is 0 Å². The largest absolute Gasteiger partial charge is 0.326 e. The smallest absolute Gasteiger partial charge is 0.305 e. The molecule has 1 aromatic heterocycles. The minimum atomic E-state index is -0.0360. The molecule has 3 nitrogen and oxygen atoms in total. The Morgan fingerprint density at radius 2 is 1.50 bits per heavy atom. The van der Waals surface area contributed by atoms with E-state index < -0.39 is 0 Å². The summed E-state index contributed by atoms with van der Waals surface area (Å²) in [4.78, 5) is 15.5. The number of rotatable bonds is 5. The third-order valence-corrected chi connectivity index (χ3v) is 3.83. The molecule has 1 heterocycles. The highest BCUT2D eigenvalue weighted by atomic mass is 16.1. The molecule has 0 aliphatic heterocycles. The zero-order valence-electron chi connectivity index (χ0n) is 12.8. The van der Waals surface area contributed by atoms with Gasteiger partial charge in [0.25, 0.3) is 0 Å². The first-order valence-corrected chi connectivity index (χ1v) is 7.75. The summed E-state index contributed by atoms with van der Waals surface area (Å²) in [5, 5.41) is 0. The highest BCUT2D eigenvalue weighted by Gasteiger charge is 2.16. The first-order chi connectivity index (χ1) is 10.8. The number of hydrogen-bond donors (Lipinski definition) is 1. The van der Waals surface area contributed by atoms with Gasteiger partial charge in [-0.3, -0.25) is 4.57 Å². The number of H-pyrrole nitrogens is 1. The van der Waals surface area contributed by atoms with Crippen molar-refractivity contribution in [2.24, 2.45) is 0 Å². The van der Waals surface area contributed by atoms with Crippen molar-refractivity contribution in [2.45, 2.75) is 26.3 Å². The Balaban J connectivity index is 2.20. The molecule has 3 rings (SSSR count). The van der Waals surface area contributed by atoms with Crippen LogP contribution in [0.4, 0.5) is 0 Å². The summed E-state index contributed by atoms with van der Waals surface area (Å²) < 4.78 is 1.86. The van der Waals surface area contributed by atoms with E-state index in [1.165, 1.54) is 0 Å². The van der Waals surface area contributed by atoms with Crippen molar-refractivity contribution in [1.29, 1.82) is 0 Å². The quantitative estimate of drug-likeness (QED) is 0.747. The van der Waals surface area contributed by atoms with Gasteiger partial charge in [0.15, 0.2) is 0 Å². The van der Waals surface area contributed by atoms with Gasteiger partial charge in [-0.1, -0.05) is 74.0 Å². The van der Waals surface area contributed by atoms with Crippen LogP contribution >= 0.6 is 0 Å². The molecule has 0 fully saturated rings.